The number of aromatic hydroxyl groups is 1. The maximum Gasteiger partial charge on any atom is 0.255 e. The van der Waals surface area contributed by atoms with E-state index in [0.29, 0.717) is 11.6 Å². The van der Waals surface area contributed by atoms with Gasteiger partial charge in [0.2, 0.25) is 0 Å². The lowest BCUT2D eigenvalue weighted by molar-refractivity contribution is 0.0898. The molecule has 0 aromatic heterocycles. The molecule has 3 rings (SSSR count). The number of hydrogen-bond donors (Lipinski definition) is 2. The molecular formula is C19H28N2O2. The average molecular weight is 316 g/mol. The number of rotatable bonds is 3. The quantitative estimate of drug-likeness (QED) is 0.901. The van der Waals surface area contributed by atoms with E-state index in [0.717, 1.165) is 38.8 Å². The molecule has 1 amide bonds. The van der Waals surface area contributed by atoms with Crippen molar-refractivity contribution in [1.29, 1.82) is 0 Å². The first-order valence-corrected chi connectivity index (χ1v) is 8.94. The Morgan fingerprint density at radius 1 is 1.17 bits per heavy atom. The summed E-state index contributed by atoms with van der Waals surface area (Å²) in [4.78, 5) is 15.0. The van der Waals surface area contributed by atoms with E-state index in [1.54, 1.807) is 6.07 Å². The number of nitrogens with one attached hydrogen (secondary N) is 1. The Hall–Kier alpha value is -1.55. The van der Waals surface area contributed by atoms with Crippen LogP contribution in [-0.2, 0) is 12.8 Å². The number of piperidine rings is 1. The van der Waals surface area contributed by atoms with Crippen molar-refractivity contribution in [3.63, 3.8) is 0 Å². The third kappa shape index (κ3) is 3.69. The summed E-state index contributed by atoms with van der Waals surface area (Å²) in [6.45, 7) is 6.48. The van der Waals surface area contributed by atoms with E-state index in [-0.39, 0.29) is 17.7 Å². The van der Waals surface area contributed by atoms with Crippen LogP contribution in [0.15, 0.2) is 12.1 Å². The van der Waals surface area contributed by atoms with Crippen molar-refractivity contribution < 1.29 is 9.90 Å². The van der Waals surface area contributed by atoms with Crippen molar-refractivity contribution in [3.05, 3.63) is 28.8 Å². The molecule has 0 saturated carbocycles. The molecule has 4 nitrogen and oxygen atoms in total. The molecule has 0 bridgehead atoms. The lowest BCUT2D eigenvalue weighted by atomic mass is 9.89. The number of carbonyl (C=O) groups is 1. The normalized spacial score (nSPS) is 19.6. The zero-order valence-electron chi connectivity index (χ0n) is 14.3. The van der Waals surface area contributed by atoms with Gasteiger partial charge >= 0.3 is 0 Å². The maximum atomic E-state index is 12.6. The minimum absolute atomic E-state index is 0.126. The summed E-state index contributed by atoms with van der Waals surface area (Å²) in [6.07, 6.45) is 6.34. The van der Waals surface area contributed by atoms with Crippen LogP contribution in [0.3, 0.4) is 0 Å². The van der Waals surface area contributed by atoms with E-state index >= 15 is 0 Å². The number of phenols is 1. The van der Waals surface area contributed by atoms with Gasteiger partial charge in [0.05, 0.1) is 5.56 Å². The molecule has 2 aliphatic rings. The molecule has 1 heterocycles. The van der Waals surface area contributed by atoms with Crippen LogP contribution in [0.25, 0.3) is 0 Å². The molecular weight excluding hydrogens is 288 g/mol. The van der Waals surface area contributed by atoms with E-state index in [4.69, 9.17) is 0 Å². The smallest absolute Gasteiger partial charge is 0.255 e. The Morgan fingerprint density at radius 2 is 1.78 bits per heavy atom. The molecule has 0 radical (unpaired) electrons. The molecule has 2 N–H and O–H groups in total. The molecule has 0 unspecified atom stereocenters. The number of fused-ring (bicyclic) bond motifs is 1. The minimum Gasteiger partial charge on any atom is -0.507 e. The highest BCUT2D eigenvalue weighted by molar-refractivity contribution is 5.97. The van der Waals surface area contributed by atoms with Gasteiger partial charge in [-0.1, -0.05) is 0 Å². The number of amides is 1. The fraction of sp³-hybridized carbons (Fsp3) is 0.632. The van der Waals surface area contributed by atoms with Gasteiger partial charge in [0.25, 0.3) is 5.91 Å². The van der Waals surface area contributed by atoms with Crippen molar-refractivity contribution in [2.75, 3.05) is 13.1 Å². The Kier molecular flexibility index (Phi) is 4.90. The summed E-state index contributed by atoms with van der Waals surface area (Å²) in [7, 11) is 0. The molecule has 126 valence electrons. The third-order valence-electron chi connectivity index (χ3n) is 5.30. The predicted octanol–water partition coefficient (Wildman–Crippen LogP) is 2.87. The van der Waals surface area contributed by atoms with E-state index in [1.807, 2.05) is 6.07 Å². The first kappa shape index (κ1) is 16.3. The van der Waals surface area contributed by atoms with E-state index in [2.05, 4.69) is 24.1 Å². The Labute approximate surface area is 138 Å². The molecule has 23 heavy (non-hydrogen) atoms. The number of nitrogens with zero attached hydrogens (tertiary/aromatic N) is 1. The standard InChI is InChI=1S/C19H28N2O2/c1-13(2)21-9-7-16(8-10-21)20-19(23)17-11-14-5-3-4-6-15(14)12-18(17)22/h11-13,16,22H,3-10H2,1-2H3,(H,20,23). The van der Waals surface area contributed by atoms with Crippen LogP contribution >= 0.6 is 0 Å². The highest BCUT2D eigenvalue weighted by Crippen LogP contribution is 2.28. The van der Waals surface area contributed by atoms with Crippen molar-refractivity contribution in [2.24, 2.45) is 0 Å². The van der Waals surface area contributed by atoms with Crippen LogP contribution in [0.5, 0.6) is 5.75 Å². The second-order valence-electron chi connectivity index (χ2n) is 7.22. The average Bonchev–Trinajstić information content (AvgIpc) is 2.54. The second kappa shape index (κ2) is 6.91. The summed E-state index contributed by atoms with van der Waals surface area (Å²) in [5.41, 5.74) is 2.88. The Morgan fingerprint density at radius 3 is 2.39 bits per heavy atom. The van der Waals surface area contributed by atoms with Crippen molar-refractivity contribution in [1.82, 2.24) is 10.2 Å². The van der Waals surface area contributed by atoms with Crippen LogP contribution in [0.4, 0.5) is 0 Å². The van der Waals surface area contributed by atoms with E-state index in [1.165, 1.54) is 24.0 Å². The second-order valence-corrected chi connectivity index (χ2v) is 7.22. The zero-order chi connectivity index (χ0) is 16.4. The third-order valence-corrected chi connectivity index (χ3v) is 5.30. The van der Waals surface area contributed by atoms with Crippen LogP contribution in [0.1, 0.15) is 61.0 Å². The Balaban J connectivity index is 1.65. The largest absolute Gasteiger partial charge is 0.507 e. The summed E-state index contributed by atoms with van der Waals surface area (Å²) in [5.74, 6) is 0.00152. The minimum atomic E-state index is -0.126. The predicted molar refractivity (Wildman–Crippen MR) is 91.9 cm³/mol. The van der Waals surface area contributed by atoms with Gasteiger partial charge in [-0.2, -0.15) is 0 Å². The molecule has 1 aromatic carbocycles. The molecule has 0 spiro atoms. The number of likely N-dealkylation sites (tertiary alicyclic amines) is 1. The van der Waals surface area contributed by atoms with Gasteiger partial charge in [0.1, 0.15) is 5.75 Å². The fourth-order valence-electron chi connectivity index (χ4n) is 3.78. The number of hydrogen-bond acceptors (Lipinski definition) is 3. The first-order valence-electron chi connectivity index (χ1n) is 8.94. The highest BCUT2D eigenvalue weighted by atomic mass is 16.3. The van der Waals surface area contributed by atoms with Crippen LogP contribution < -0.4 is 5.32 Å². The van der Waals surface area contributed by atoms with Crippen LogP contribution in [0, 0.1) is 0 Å². The van der Waals surface area contributed by atoms with Crippen molar-refractivity contribution >= 4 is 5.91 Å². The van der Waals surface area contributed by atoms with Gasteiger partial charge in [0, 0.05) is 25.2 Å². The number of aryl methyl sites for hydroxylation is 2. The van der Waals surface area contributed by atoms with Gasteiger partial charge in [-0.15, -0.1) is 0 Å². The Bertz CT molecular complexity index is 575. The van der Waals surface area contributed by atoms with Crippen molar-refractivity contribution in [2.45, 2.75) is 64.5 Å². The van der Waals surface area contributed by atoms with E-state index in [9.17, 15) is 9.90 Å². The molecule has 1 aliphatic carbocycles. The monoisotopic (exact) mass is 316 g/mol. The summed E-state index contributed by atoms with van der Waals surface area (Å²) >= 11 is 0. The van der Waals surface area contributed by atoms with Gasteiger partial charge < -0.3 is 15.3 Å². The molecule has 4 heteroatoms. The molecule has 1 aromatic rings. The highest BCUT2D eigenvalue weighted by Gasteiger charge is 2.24. The molecule has 1 fully saturated rings. The van der Waals surface area contributed by atoms with Crippen LogP contribution in [-0.4, -0.2) is 41.1 Å². The lowest BCUT2D eigenvalue weighted by Gasteiger charge is -2.34. The number of benzene rings is 1. The van der Waals surface area contributed by atoms with Gasteiger partial charge in [-0.3, -0.25) is 4.79 Å². The SMILES string of the molecule is CC(C)N1CCC(NC(=O)c2cc3c(cc2O)CCCC3)CC1. The molecule has 0 atom stereocenters. The fourth-order valence-corrected chi connectivity index (χ4v) is 3.78. The lowest BCUT2D eigenvalue weighted by Crippen LogP contribution is -2.46. The first-order chi connectivity index (χ1) is 11.0. The van der Waals surface area contributed by atoms with Gasteiger partial charge in [-0.25, -0.2) is 0 Å². The van der Waals surface area contributed by atoms with Crippen LogP contribution in [0.2, 0.25) is 0 Å². The topological polar surface area (TPSA) is 52.6 Å². The zero-order valence-corrected chi connectivity index (χ0v) is 14.3. The van der Waals surface area contributed by atoms with Gasteiger partial charge in [0.15, 0.2) is 0 Å². The molecule has 1 saturated heterocycles. The van der Waals surface area contributed by atoms with E-state index < -0.39 is 0 Å². The maximum absolute atomic E-state index is 12.6. The van der Waals surface area contributed by atoms with Crippen molar-refractivity contribution in [3.8, 4) is 5.75 Å². The molecule has 1 aliphatic heterocycles. The summed E-state index contributed by atoms with van der Waals surface area (Å²) in [6, 6.07) is 4.48. The number of phenolic OH excluding ortho intramolecular Hbond substituents is 1. The summed E-state index contributed by atoms with van der Waals surface area (Å²) < 4.78 is 0. The summed E-state index contributed by atoms with van der Waals surface area (Å²) in [5, 5.41) is 13.3. The number of carbonyl (C=O) groups excluding carboxylic acids is 1. The van der Waals surface area contributed by atoms with Gasteiger partial charge in [-0.05, 0) is 75.6 Å².